The van der Waals surface area contributed by atoms with Gasteiger partial charge in [-0.25, -0.2) is 4.98 Å². The van der Waals surface area contributed by atoms with E-state index in [0.717, 1.165) is 0 Å². The first kappa shape index (κ1) is 11.1. The first-order valence-corrected chi connectivity index (χ1v) is 5.10. The Bertz CT molecular complexity index is 351. The Morgan fingerprint density at radius 2 is 2.21 bits per heavy atom. The van der Waals surface area contributed by atoms with Gasteiger partial charge in [-0.3, -0.25) is 0 Å². The Labute approximate surface area is 90.0 Å². The van der Waals surface area contributed by atoms with Gasteiger partial charge >= 0.3 is 0 Å². The first-order chi connectivity index (χ1) is 6.69. The van der Waals surface area contributed by atoms with Crippen molar-refractivity contribution in [1.82, 2.24) is 4.98 Å². The van der Waals surface area contributed by atoms with Crippen molar-refractivity contribution in [3.8, 4) is 6.07 Å². The highest BCUT2D eigenvalue weighted by atomic mass is 79.9. The number of aliphatic hydroxyl groups is 2. The molecule has 0 aliphatic heterocycles. The lowest BCUT2D eigenvalue weighted by Gasteiger charge is -2.14. The van der Waals surface area contributed by atoms with E-state index in [2.05, 4.69) is 20.9 Å². The van der Waals surface area contributed by atoms with Gasteiger partial charge in [-0.1, -0.05) is 22.0 Å². The van der Waals surface area contributed by atoms with Gasteiger partial charge in [0.1, 0.15) is 17.9 Å². The molecule has 2 unspecified atom stereocenters. The van der Waals surface area contributed by atoms with Gasteiger partial charge in [0.05, 0.1) is 11.8 Å². The standard InChI is InChI=1S/C9H9BrN2O2/c10-4-8(13)9(14)7-3-1-2-6(5-11)12-7/h1-3,8-9,13-14H,4H2. The molecule has 0 saturated heterocycles. The van der Waals surface area contributed by atoms with Gasteiger partial charge in [0, 0.05) is 5.33 Å². The number of pyridine rings is 1. The maximum Gasteiger partial charge on any atom is 0.140 e. The maximum atomic E-state index is 9.56. The van der Waals surface area contributed by atoms with E-state index in [1.165, 1.54) is 6.07 Å². The Hall–Kier alpha value is -0.960. The Morgan fingerprint density at radius 1 is 1.50 bits per heavy atom. The molecule has 2 N–H and O–H groups in total. The van der Waals surface area contributed by atoms with E-state index in [-0.39, 0.29) is 11.0 Å². The second-order valence-corrected chi connectivity index (χ2v) is 3.37. The zero-order chi connectivity index (χ0) is 10.6. The van der Waals surface area contributed by atoms with Crippen LogP contribution in [0.25, 0.3) is 0 Å². The summed E-state index contributed by atoms with van der Waals surface area (Å²) in [6.07, 6.45) is -1.99. The molecule has 4 nitrogen and oxygen atoms in total. The second kappa shape index (κ2) is 5.05. The van der Waals surface area contributed by atoms with E-state index >= 15 is 0 Å². The molecule has 0 fully saturated rings. The van der Waals surface area contributed by atoms with Crippen molar-refractivity contribution in [3.05, 3.63) is 29.6 Å². The summed E-state index contributed by atoms with van der Waals surface area (Å²) in [6.45, 7) is 0. The minimum absolute atomic E-state index is 0.225. The number of aromatic nitrogens is 1. The molecule has 0 amide bonds. The summed E-state index contributed by atoms with van der Waals surface area (Å²) in [5, 5.41) is 27.7. The molecule has 0 saturated carbocycles. The van der Waals surface area contributed by atoms with Crippen molar-refractivity contribution < 1.29 is 10.2 Å². The molecule has 0 spiro atoms. The van der Waals surface area contributed by atoms with Crippen molar-refractivity contribution in [2.24, 2.45) is 0 Å². The predicted molar refractivity (Wildman–Crippen MR) is 53.7 cm³/mol. The van der Waals surface area contributed by atoms with Crippen LogP contribution in [-0.2, 0) is 0 Å². The lowest BCUT2D eigenvalue weighted by Crippen LogP contribution is -2.20. The fraction of sp³-hybridized carbons (Fsp3) is 0.333. The molecule has 1 aromatic heterocycles. The lowest BCUT2D eigenvalue weighted by atomic mass is 10.1. The molecular weight excluding hydrogens is 248 g/mol. The maximum absolute atomic E-state index is 9.56. The van der Waals surface area contributed by atoms with E-state index in [1.807, 2.05) is 6.07 Å². The third-order valence-corrected chi connectivity index (χ3v) is 2.37. The van der Waals surface area contributed by atoms with E-state index in [1.54, 1.807) is 12.1 Å². The van der Waals surface area contributed by atoms with Crippen LogP contribution >= 0.6 is 15.9 Å². The number of hydrogen-bond donors (Lipinski definition) is 2. The SMILES string of the molecule is N#Cc1cccc(C(O)C(O)CBr)n1. The zero-order valence-electron chi connectivity index (χ0n) is 7.26. The Balaban J connectivity index is 2.91. The predicted octanol–water partition coefficient (Wildman–Crippen LogP) is 0.742. The number of nitrogens with zero attached hydrogens (tertiary/aromatic N) is 2. The summed E-state index contributed by atoms with van der Waals surface area (Å²) in [5.41, 5.74) is 0.527. The molecule has 14 heavy (non-hydrogen) atoms. The van der Waals surface area contributed by atoms with Crippen molar-refractivity contribution in [2.45, 2.75) is 12.2 Å². The molecule has 5 heteroatoms. The smallest absolute Gasteiger partial charge is 0.140 e. The van der Waals surface area contributed by atoms with Gasteiger partial charge in [0.25, 0.3) is 0 Å². The number of halogens is 1. The molecular formula is C9H9BrN2O2. The summed E-state index contributed by atoms with van der Waals surface area (Å²) in [5.74, 6) is 0. The quantitative estimate of drug-likeness (QED) is 0.783. The third kappa shape index (κ3) is 2.51. The van der Waals surface area contributed by atoms with Crippen LogP contribution in [-0.4, -0.2) is 26.6 Å². The zero-order valence-corrected chi connectivity index (χ0v) is 8.85. The van der Waals surface area contributed by atoms with Gasteiger partial charge in [-0.2, -0.15) is 5.26 Å². The molecule has 74 valence electrons. The lowest BCUT2D eigenvalue weighted by molar-refractivity contribution is 0.0315. The van der Waals surface area contributed by atoms with Crippen LogP contribution in [0.1, 0.15) is 17.5 Å². The monoisotopic (exact) mass is 256 g/mol. The van der Waals surface area contributed by atoms with E-state index in [0.29, 0.717) is 5.69 Å². The summed E-state index contributed by atoms with van der Waals surface area (Å²) >= 11 is 3.05. The van der Waals surface area contributed by atoms with E-state index < -0.39 is 12.2 Å². The Kier molecular flexibility index (Phi) is 4.01. The van der Waals surface area contributed by atoms with Crippen molar-refractivity contribution in [3.63, 3.8) is 0 Å². The molecule has 0 radical (unpaired) electrons. The number of hydrogen-bond acceptors (Lipinski definition) is 4. The van der Waals surface area contributed by atoms with Gasteiger partial charge in [-0.15, -0.1) is 0 Å². The van der Waals surface area contributed by atoms with Gasteiger partial charge in [0.15, 0.2) is 0 Å². The van der Waals surface area contributed by atoms with Crippen LogP contribution in [0.4, 0.5) is 0 Å². The number of alkyl halides is 1. The largest absolute Gasteiger partial charge is 0.389 e. The van der Waals surface area contributed by atoms with E-state index in [4.69, 9.17) is 5.26 Å². The van der Waals surface area contributed by atoms with Crippen LogP contribution in [0.5, 0.6) is 0 Å². The average Bonchev–Trinajstić information content (AvgIpc) is 2.27. The normalized spacial score (nSPS) is 14.4. The highest BCUT2D eigenvalue weighted by Crippen LogP contribution is 2.16. The number of aliphatic hydroxyl groups excluding tert-OH is 2. The van der Waals surface area contributed by atoms with Crippen LogP contribution < -0.4 is 0 Å². The van der Waals surface area contributed by atoms with Crippen LogP contribution in [0.2, 0.25) is 0 Å². The highest BCUT2D eigenvalue weighted by molar-refractivity contribution is 9.09. The molecule has 1 heterocycles. The number of rotatable bonds is 3. The third-order valence-electron chi connectivity index (χ3n) is 1.71. The minimum atomic E-state index is -1.07. The highest BCUT2D eigenvalue weighted by Gasteiger charge is 2.18. The summed E-state index contributed by atoms with van der Waals surface area (Å²) in [6, 6.07) is 6.58. The van der Waals surface area contributed by atoms with Gasteiger partial charge in [-0.05, 0) is 12.1 Å². The first-order valence-electron chi connectivity index (χ1n) is 3.98. The van der Waals surface area contributed by atoms with Crippen LogP contribution in [0.15, 0.2) is 18.2 Å². The molecule has 0 aliphatic carbocycles. The summed E-state index contributed by atoms with van der Waals surface area (Å²) < 4.78 is 0. The van der Waals surface area contributed by atoms with Crippen LogP contribution in [0.3, 0.4) is 0 Å². The van der Waals surface area contributed by atoms with E-state index in [9.17, 15) is 10.2 Å². The average molecular weight is 257 g/mol. The van der Waals surface area contributed by atoms with Crippen molar-refractivity contribution in [1.29, 1.82) is 5.26 Å². The van der Waals surface area contributed by atoms with Gasteiger partial charge in [0.2, 0.25) is 0 Å². The topological polar surface area (TPSA) is 77.1 Å². The summed E-state index contributed by atoms with van der Waals surface area (Å²) in [7, 11) is 0. The molecule has 0 aliphatic rings. The number of nitriles is 1. The molecule has 0 bridgehead atoms. The molecule has 0 aromatic carbocycles. The van der Waals surface area contributed by atoms with Crippen molar-refractivity contribution in [2.75, 3.05) is 5.33 Å². The van der Waals surface area contributed by atoms with Crippen molar-refractivity contribution >= 4 is 15.9 Å². The molecule has 2 atom stereocenters. The second-order valence-electron chi connectivity index (χ2n) is 2.73. The van der Waals surface area contributed by atoms with Crippen LogP contribution in [0, 0.1) is 11.3 Å². The van der Waals surface area contributed by atoms with Gasteiger partial charge < -0.3 is 10.2 Å². The minimum Gasteiger partial charge on any atom is -0.389 e. The summed E-state index contributed by atoms with van der Waals surface area (Å²) in [4.78, 5) is 3.87. The molecule has 1 aromatic rings. The fourth-order valence-corrected chi connectivity index (χ4v) is 1.31. The molecule has 1 rings (SSSR count). The fourth-order valence-electron chi connectivity index (χ4n) is 0.960. The Morgan fingerprint density at radius 3 is 2.79 bits per heavy atom.